The quantitative estimate of drug-likeness (QED) is 0.209. The second-order valence-electron chi connectivity index (χ2n) is 11.2. The molecule has 0 bridgehead atoms. The van der Waals surface area contributed by atoms with Crippen LogP contribution in [0.15, 0.2) is 156 Å². The number of hydrogen-bond acceptors (Lipinski definition) is 4. The van der Waals surface area contributed by atoms with Gasteiger partial charge in [-0.15, -0.1) is 0 Å². The van der Waals surface area contributed by atoms with E-state index in [4.69, 9.17) is 19.4 Å². The molecule has 3 heterocycles. The van der Waals surface area contributed by atoms with Crippen molar-refractivity contribution in [1.82, 2.24) is 15.0 Å². The molecule has 9 rings (SSSR count). The van der Waals surface area contributed by atoms with Crippen LogP contribution in [-0.2, 0) is 0 Å². The molecular formula is C41H25N3O. The maximum absolute atomic E-state index is 6.77. The molecule has 0 N–H and O–H groups in total. The summed E-state index contributed by atoms with van der Waals surface area (Å²) in [5.41, 5.74) is 8.20. The number of pyridine rings is 1. The molecule has 4 nitrogen and oxygen atoms in total. The molecule has 210 valence electrons. The summed E-state index contributed by atoms with van der Waals surface area (Å²) < 4.78 is 6.77. The topological polar surface area (TPSA) is 51.8 Å². The molecule has 4 heteroatoms. The van der Waals surface area contributed by atoms with Crippen molar-refractivity contribution >= 4 is 43.5 Å². The molecule has 0 aliphatic carbocycles. The lowest BCUT2D eigenvalue weighted by atomic mass is 9.90. The summed E-state index contributed by atoms with van der Waals surface area (Å²) in [7, 11) is 0. The number of fused-ring (bicyclic) bond motifs is 5. The number of rotatable bonds is 4. The first-order valence-electron chi connectivity index (χ1n) is 15.0. The van der Waals surface area contributed by atoms with Crippen molar-refractivity contribution in [3.8, 4) is 45.2 Å². The molecule has 6 aromatic carbocycles. The SMILES string of the molecule is c1ccc(-c2cc(-c3c4ccccc4c(-c4cc5ccccc5cn4)c4oc5ccccc5c34)nc(-c3ccccc3)n2)cc1. The molecule has 3 aromatic heterocycles. The van der Waals surface area contributed by atoms with Gasteiger partial charge in [0.1, 0.15) is 11.2 Å². The molecule has 0 fully saturated rings. The highest BCUT2D eigenvalue weighted by atomic mass is 16.3. The monoisotopic (exact) mass is 575 g/mol. The molecule has 45 heavy (non-hydrogen) atoms. The van der Waals surface area contributed by atoms with Crippen LogP contribution in [0.2, 0.25) is 0 Å². The lowest BCUT2D eigenvalue weighted by Gasteiger charge is -2.15. The summed E-state index contributed by atoms with van der Waals surface area (Å²) in [5.74, 6) is 0.678. The van der Waals surface area contributed by atoms with Gasteiger partial charge in [0.2, 0.25) is 0 Å². The normalized spacial score (nSPS) is 11.6. The van der Waals surface area contributed by atoms with Gasteiger partial charge in [0.15, 0.2) is 5.82 Å². The molecule has 0 atom stereocenters. The summed E-state index contributed by atoms with van der Waals surface area (Å²) in [6.45, 7) is 0. The van der Waals surface area contributed by atoms with E-state index in [9.17, 15) is 0 Å². The fraction of sp³-hybridized carbons (Fsp3) is 0. The predicted octanol–water partition coefficient (Wildman–Crippen LogP) is 10.7. The van der Waals surface area contributed by atoms with Gasteiger partial charge in [0, 0.05) is 39.0 Å². The van der Waals surface area contributed by atoms with Gasteiger partial charge in [-0.1, -0.05) is 127 Å². The maximum atomic E-state index is 6.77. The summed E-state index contributed by atoms with van der Waals surface area (Å²) in [6.07, 6.45) is 1.95. The van der Waals surface area contributed by atoms with Gasteiger partial charge in [-0.25, -0.2) is 9.97 Å². The van der Waals surface area contributed by atoms with Gasteiger partial charge in [-0.05, 0) is 34.4 Å². The Morgan fingerprint density at radius 2 is 1.04 bits per heavy atom. The first-order valence-corrected chi connectivity index (χ1v) is 15.0. The van der Waals surface area contributed by atoms with Crippen LogP contribution >= 0.6 is 0 Å². The van der Waals surface area contributed by atoms with Crippen LogP contribution in [0.5, 0.6) is 0 Å². The Balaban J connectivity index is 1.43. The van der Waals surface area contributed by atoms with E-state index in [1.807, 2.05) is 60.8 Å². The fourth-order valence-electron chi connectivity index (χ4n) is 6.43. The summed E-state index contributed by atoms with van der Waals surface area (Å²) in [5, 5.41) is 6.44. The standard InChI is InChI=1S/C41H25N3O/c1-3-13-26(14-4-1)33-24-35(44-41(43-33)27-15-5-2-6-16-27)37-30-19-9-10-20-31(30)38(34-23-28-17-7-8-18-29(28)25-42-34)40-39(37)32-21-11-12-22-36(32)45-40/h1-25H. The van der Waals surface area contributed by atoms with E-state index in [0.717, 1.165) is 82.8 Å². The number of benzene rings is 6. The van der Waals surface area contributed by atoms with E-state index < -0.39 is 0 Å². The van der Waals surface area contributed by atoms with Gasteiger partial charge in [-0.3, -0.25) is 4.98 Å². The van der Waals surface area contributed by atoms with Crippen LogP contribution in [0, 0.1) is 0 Å². The van der Waals surface area contributed by atoms with Crippen molar-refractivity contribution in [2.75, 3.05) is 0 Å². The third-order valence-corrected chi connectivity index (χ3v) is 8.51. The van der Waals surface area contributed by atoms with Crippen molar-refractivity contribution in [3.63, 3.8) is 0 Å². The maximum Gasteiger partial charge on any atom is 0.160 e. The van der Waals surface area contributed by atoms with Gasteiger partial charge < -0.3 is 4.42 Å². The second kappa shape index (κ2) is 10.2. The molecular weight excluding hydrogens is 550 g/mol. The van der Waals surface area contributed by atoms with Crippen molar-refractivity contribution in [3.05, 3.63) is 152 Å². The van der Waals surface area contributed by atoms with Crippen molar-refractivity contribution < 1.29 is 4.42 Å². The lowest BCUT2D eigenvalue weighted by molar-refractivity contribution is 0.670. The number of furan rings is 1. The minimum atomic E-state index is 0.678. The zero-order valence-corrected chi connectivity index (χ0v) is 24.2. The minimum Gasteiger partial charge on any atom is -0.455 e. The Bertz CT molecular complexity index is 2480. The number of nitrogens with zero attached hydrogens (tertiary/aromatic N) is 3. The number of aromatic nitrogens is 3. The van der Waals surface area contributed by atoms with E-state index in [1.54, 1.807) is 0 Å². The highest BCUT2D eigenvalue weighted by molar-refractivity contribution is 6.26. The Hall–Kier alpha value is -6.13. The van der Waals surface area contributed by atoms with Crippen LogP contribution in [0.1, 0.15) is 0 Å². The third kappa shape index (κ3) is 4.19. The van der Waals surface area contributed by atoms with Gasteiger partial charge in [0.05, 0.1) is 22.6 Å². The molecule has 0 aliphatic heterocycles. The highest BCUT2D eigenvalue weighted by Gasteiger charge is 2.24. The van der Waals surface area contributed by atoms with E-state index >= 15 is 0 Å². The third-order valence-electron chi connectivity index (χ3n) is 8.51. The number of hydrogen-bond donors (Lipinski definition) is 0. The Labute approximate surface area is 259 Å². The largest absolute Gasteiger partial charge is 0.455 e. The van der Waals surface area contributed by atoms with Crippen LogP contribution in [0.3, 0.4) is 0 Å². The van der Waals surface area contributed by atoms with Crippen molar-refractivity contribution in [2.24, 2.45) is 0 Å². The molecule has 0 unspecified atom stereocenters. The van der Waals surface area contributed by atoms with Crippen LogP contribution < -0.4 is 0 Å². The molecule has 0 saturated carbocycles. The second-order valence-corrected chi connectivity index (χ2v) is 11.2. The van der Waals surface area contributed by atoms with Crippen LogP contribution in [0.25, 0.3) is 88.6 Å². The fourth-order valence-corrected chi connectivity index (χ4v) is 6.43. The van der Waals surface area contributed by atoms with E-state index in [-0.39, 0.29) is 0 Å². The molecule has 0 radical (unpaired) electrons. The Morgan fingerprint density at radius 1 is 0.444 bits per heavy atom. The Kier molecular flexibility index (Phi) is 5.78. The molecule has 0 amide bonds. The van der Waals surface area contributed by atoms with E-state index in [2.05, 4.69) is 91.0 Å². The van der Waals surface area contributed by atoms with Gasteiger partial charge in [0.25, 0.3) is 0 Å². The predicted molar refractivity (Wildman–Crippen MR) is 184 cm³/mol. The van der Waals surface area contributed by atoms with E-state index in [0.29, 0.717) is 5.82 Å². The molecule has 9 aromatic rings. The number of para-hydroxylation sites is 1. The van der Waals surface area contributed by atoms with Gasteiger partial charge >= 0.3 is 0 Å². The van der Waals surface area contributed by atoms with E-state index in [1.165, 1.54) is 0 Å². The molecule has 0 aliphatic rings. The summed E-state index contributed by atoms with van der Waals surface area (Å²) in [6, 6.07) is 49.8. The van der Waals surface area contributed by atoms with Crippen molar-refractivity contribution in [1.29, 1.82) is 0 Å². The first kappa shape index (κ1) is 25.4. The zero-order valence-electron chi connectivity index (χ0n) is 24.2. The minimum absolute atomic E-state index is 0.678. The summed E-state index contributed by atoms with van der Waals surface area (Å²) >= 11 is 0. The smallest absolute Gasteiger partial charge is 0.160 e. The Morgan fingerprint density at radius 3 is 1.82 bits per heavy atom. The molecule has 0 saturated heterocycles. The first-order chi connectivity index (χ1) is 22.3. The van der Waals surface area contributed by atoms with Crippen molar-refractivity contribution in [2.45, 2.75) is 0 Å². The summed E-state index contributed by atoms with van der Waals surface area (Å²) in [4.78, 5) is 15.3. The van der Waals surface area contributed by atoms with Gasteiger partial charge in [-0.2, -0.15) is 0 Å². The lowest BCUT2D eigenvalue weighted by Crippen LogP contribution is -1.97. The highest BCUT2D eigenvalue weighted by Crippen LogP contribution is 2.47. The van der Waals surface area contributed by atoms with Crippen LogP contribution in [-0.4, -0.2) is 15.0 Å². The molecule has 0 spiro atoms. The average molecular weight is 576 g/mol. The zero-order chi connectivity index (χ0) is 29.7. The van der Waals surface area contributed by atoms with Crippen LogP contribution in [0.4, 0.5) is 0 Å². The average Bonchev–Trinajstić information content (AvgIpc) is 3.50.